The standard InChI is InChI=1S/C24H33N3O7/c1-24(2,3)34-23(31)27-13-10-19(20(27)22(29)30)33-16-7-8-18(32-4)15(14-16)9-12-26-21(28)17-6-5-11-25-17/h7-9,12,14,17,19-20,25H,5-6,10-11,13H2,1-4H3,(H,26,28)(H,29,30)/b12-9-/t17-,19-,20-/m0/s1. The van der Waals surface area contributed by atoms with Crippen LogP contribution in [-0.2, 0) is 14.3 Å². The highest BCUT2D eigenvalue weighted by Crippen LogP contribution is 2.30. The van der Waals surface area contributed by atoms with E-state index in [0.29, 0.717) is 23.5 Å². The second-order valence-corrected chi connectivity index (χ2v) is 9.30. The van der Waals surface area contributed by atoms with Gasteiger partial charge in [0.2, 0.25) is 5.91 Å². The lowest BCUT2D eigenvalue weighted by atomic mass is 10.1. The first-order valence-electron chi connectivity index (χ1n) is 11.4. The summed E-state index contributed by atoms with van der Waals surface area (Å²) in [5, 5.41) is 15.7. The third-order valence-electron chi connectivity index (χ3n) is 5.58. The van der Waals surface area contributed by atoms with E-state index in [1.807, 2.05) is 0 Å². The lowest BCUT2D eigenvalue weighted by Gasteiger charge is -2.28. The summed E-state index contributed by atoms with van der Waals surface area (Å²) < 4.78 is 16.7. The van der Waals surface area contributed by atoms with Crippen molar-refractivity contribution in [2.75, 3.05) is 20.2 Å². The summed E-state index contributed by atoms with van der Waals surface area (Å²) in [6.07, 6.45) is 3.93. The average molecular weight is 476 g/mol. The van der Waals surface area contributed by atoms with E-state index < -0.39 is 29.8 Å². The Morgan fingerprint density at radius 2 is 2.00 bits per heavy atom. The molecule has 0 spiro atoms. The molecule has 2 aliphatic rings. The van der Waals surface area contributed by atoms with Crippen LogP contribution in [0.1, 0.15) is 45.6 Å². The fourth-order valence-corrected chi connectivity index (χ4v) is 4.02. The molecule has 0 saturated carbocycles. The van der Waals surface area contributed by atoms with E-state index >= 15 is 0 Å². The van der Waals surface area contributed by atoms with Gasteiger partial charge >= 0.3 is 12.1 Å². The minimum atomic E-state index is -1.17. The van der Waals surface area contributed by atoms with Gasteiger partial charge in [-0.1, -0.05) is 0 Å². The summed E-state index contributed by atoms with van der Waals surface area (Å²) in [4.78, 5) is 37.8. The first-order chi connectivity index (χ1) is 16.1. The number of hydrogen-bond donors (Lipinski definition) is 3. The van der Waals surface area contributed by atoms with Crippen molar-refractivity contribution >= 4 is 24.0 Å². The van der Waals surface area contributed by atoms with E-state index in [-0.39, 0.29) is 18.5 Å². The summed E-state index contributed by atoms with van der Waals surface area (Å²) in [6.45, 7) is 6.22. The van der Waals surface area contributed by atoms with Gasteiger partial charge in [0.1, 0.15) is 23.2 Å². The number of hydrogen-bond acceptors (Lipinski definition) is 7. The van der Waals surface area contributed by atoms with Crippen molar-refractivity contribution < 1.29 is 33.7 Å². The van der Waals surface area contributed by atoms with Crippen LogP contribution in [0.25, 0.3) is 6.08 Å². The van der Waals surface area contributed by atoms with E-state index in [4.69, 9.17) is 14.2 Å². The lowest BCUT2D eigenvalue weighted by molar-refractivity contribution is -0.144. The third kappa shape index (κ3) is 6.40. The summed E-state index contributed by atoms with van der Waals surface area (Å²) >= 11 is 0. The summed E-state index contributed by atoms with van der Waals surface area (Å²) in [7, 11) is 1.53. The number of carbonyl (C=O) groups excluding carboxylic acids is 2. The van der Waals surface area contributed by atoms with Gasteiger partial charge in [0, 0.05) is 24.7 Å². The van der Waals surface area contributed by atoms with Crippen LogP contribution < -0.4 is 20.1 Å². The molecular weight excluding hydrogens is 442 g/mol. The van der Waals surface area contributed by atoms with Gasteiger partial charge in [0.15, 0.2) is 6.04 Å². The summed E-state index contributed by atoms with van der Waals surface area (Å²) in [5.74, 6) is -0.275. The van der Waals surface area contributed by atoms with E-state index in [0.717, 1.165) is 19.4 Å². The Morgan fingerprint density at radius 3 is 2.62 bits per heavy atom. The van der Waals surface area contributed by atoms with Crippen LogP contribution in [0.2, 0.25) is 0 Å². The fraction of sp³-hybridized carbons (Fsp3) is 0.542. The minimum Gasteiger partial charge on any atom is -0.496 e. The molecule has 3 rings (SSSR count). The van der Waals surface area contributed by atoms with E-state index in [1.165, 1.54) is 12.0 Å². The zero-order chi connectivity index (χ0) is 24.9. The maximum Gasteiger partial charge on any atom is 0.411 e. The highest BCUT2D eigenvalue weighted by molar-refractivity contribution is 5.83. The highest BCUT2D eigenvalue weighted by atomic mass is 16.6. The summed E-state index contributed by atoms with van der Waals surface area (Å²) in [5.41, 5.74) is -0.0898. The van der Waals surface area contributed by atoms with Crippen molar-refractivity contribution in [2.45, 2.75) is 63.8 Å². The van der Waals surface area contributed by atoms with Crippen molar-refractivity contribution in [3.63, 3.8) is 0 Å². The molecular formula is C24H33N3O7. The van der Waals surface area contributed by atoms with Crippen molar-refractivity contribution in [1.29, 1.82) is 0 Å². The number of likely N-dealkylation sites (tertiary alicyclic amines) is 1. The largest absolute Gasteiger partial charge is 0.496 e. The summed E-state index contributed by atoms with van der Waals surface area (Å²) in [6, 6.07) is 3.71. The Morgan fingerprint density at radius 1 is 1.24 bits per heavy atom. The molecule has 3 atom stereocenters. The number of aliphatic carboxylic acids is 1. The molecule has 2 saturated heterocycles. The normalized spacial score (nSPS) is 22.6. The van der Waals surface area contributed by atoms with E-state index in [1.54, 1.807) is 51.2 Å². The van der Waals surface area contributed by atoms with Gasteiger partial charge in [-0.2, -0.15) is 0 Å². The molecule has 10 nitrogen and oxygen atoms in total. The molecule has 0 bridgehead atoms. The maximum absolute atomic E-state index is 12.5. The third-order valence-corrected chi connectivity index (χ3v) is 5.58. The number of rotatable bonds is 7. The second kappa shape index (κ2) is 10.8. The van der Waals surface area contributed by atoms with Gasteiger partial charge < -0.3 is 30.0 Å². The molecule has 2 amide bonds. The number of benzene rings is 1. The number of nitrogens with zero attached hydrogens (tertiary/aromatic N) is 1. The zero-order valence-electron chi connectivity index (χ0n) is 20.0. The van der Waals surface area contributed by atoms with Gasteiger partial charge in [-0.25, -0.2) is 9.59 Å². The van der Waals surface area contributed by atoms with Crippen LogP contribution >= 0.6 is 0 Å². The molecule has 186 valence electrons. The topological polar surface area (TPSA) is 126 Å². The molecule has 2 fully saturated rings. The number of carboxylic acid groups (broad SMARTS) is 1. The first kappa shape index (κ1) is 25.4. The number of nitrogens with one attached hydrogen (secondary N) is 2. The molecule has 0 aliphatic carbocycles. The van der Waals surface area contributed by atoms with E-state index in [9.17, 15) is 19.5 Å². The Bertz CT molecular complexity index is 935. The molecule has 1 aromatic carbocycles. The van der Waals surface area contributed by atoms with Gasteiger partial charge in [0.05, 0.1) is 13.2 Å². The molecule has 3 N–H and O–H groups in total. The van der Waals surface area contributed by atoms with Crippen molar-refractivity contribution in [1.82, 2.24) is 15.5 Å². The minimum absolute atomic E-state index is 0.0994. The molecule has 10 heteroatoms. The lowest BCUT2D eigenvalue weighted by Crippen LogP contribution is -2.48. The van der Waals surface area contributed by atoms with Crippen LogP contribution in [0.15, 0.2) is 24.4 Å². The quantitative estimate of drug-likeness (QED) is 0.549. The van der Waals surface area contributed by atoms with Gasteiger partial charge in [-0.3, -0.25) is 9.69 Å². The van der Waals surface area contributed by atoms with Gasteiger partial charge in [0.25, 0.3) is 0 Å². The Kier molecular flexibility index (Phi) is 8.03. The molecule has 0 aromatic heterocycles. The molecule has 34 heavy (non-hydrogen) atoms. The fourth-order valence-electron chi connectivity index (χ4n) is 4.02. The van der Waals surface area contributed by atoms with Crippen LogP contribution in [-0.4, -0.2) is 72.0 Å². The van der Waals surface area contributed by atoms with E-state index in [2.05, 4.69) is 10.6 Å². The first-order valence-corrected chi connectivity index (χ1v) is 11.4. The molecule has 2 aliphatic heterocycles. The second-order valence-electron chi connectivity index (χ2n) is 9.30. The predicted octanol–water partition coefficient (Wildman–Crippen LogP) is 2.38. The number of carbonyl (C=O) groups is 3. The highest BCUT2D eigenvalue weighted by Gasteiger charge is 2.45. The number of carboxylic acids is 1. The number of amides is 2. The van der Waals surface area contributed by atoms with Crippen LogP contribution in [0.5, 0.6) is 11.5 Å². The van der Waals surface area contributed by atoms with Crippen molar-refractivity contribution in [3.05, 3.63) is 30.0 Å². The molecule has 2 heterocycles. The molecule has 1 aromatic rings. The maximum atomic E-state index is 12.5. The van der Waals surface area contributed by atoms with Crippen LogP contribution in [0, 0.1) is 0 Å². The van der Waals surface area contributed by atoms with Crippen molar-refractivity contribution in [2.24, 2.45) is 0 Å². The Labute approximate surface area is 199 Å². The number of ether oxygens (including phenoxy) is 3. The molecule has 0 radical (unpaired) electrons. The Hall–Kier alpha value is -3.27. The monoisotopic (exact) mass is 475 g/mol. The van der Waals surface area contributed by atoms with Crippen molar-refractivity contribution in [3.8, 4) is 11.5 Å². The smallest absolute Gasteiger partial charge is 0.411 e. The van der Waals surface area contributed by atoms with Crippen LogP contribution in [0.3, 0.4) is 0 Å². The van der Waals surface area contributed by atoms with Crippen LogP contribution in [0.4, 0.5) is 4.79 Å². The average Bonchev–Trinajstić information content (AvgIpc) is 3.43. The Balaban J connectivity index is 1.70. The predicted molar refractivity (Wildman–Crippen MR) is 125 cm³/mol. The SMILES string of the molecule is COc1ccc(O[C@H]2CCN(C(=O)OC(C)(C)C)[C@@H]2C(=O)O)cc1/C=C\NC(=O)[C@@H]1CCCN1. The molecule has 0 unspecified atom stereocenters. The van der Waals surface area contributed by atoms with Gasteiger partial charge in [-0.05, 0) is 64.4 Å². The zero-order valence-corrected chi connectivity index (χ0v) is 20.0. The number of methoxy groups -OCH3 is 1. The van der Waals surface area contributed by atoms with Gasteiger partial charge in [-0.15, -0.1) is 0 Å².